The summed E-state index contributed by atoms with van der Waals surface area (Å²) in [6.07, 6.45) is 0.425. The smallest absolute Gasteiger partial charge is 0.257 e. The average Bonchev–Trinajstić information content (AvgIpc) is 3.02. The summed E-state index contributed by atoms with van der Waals surface area (Å²) in [4.78, 5) is 14.3. The normalized spacial score (nSPS) is 18.9. The fraction of sp³-hybridized carbons (Fsp3) is 0.278. The number of halogens is 4. The van der Waals surface area contributed by atoms with Crippen molar-refractivity contribution in [1.29, 1.82) is 0 Å². The number of nitrogens with one attached hydrogen (secondary N) is 1. The fourth-order valence-corrected chi connectivity index (χ4v) is 5.41. The molecule has 2 aromatic rings. The number of amides is 1. The molecule has 0 fully saturated rings. The van der Waals surface area contributed by atoms with Crippen LogP contribution in [0.25, 0.3) is 0 Å². The second-order valence-electron chi connectivity index (χ2n) is 6.44. The van der Waals surface area contributed by atoms with E-state index in [0.717, 1.165) is 16.1 Å². The molecular formula is C18H16Cl4N2O3S. The largest absolute Gasteiger partial charge is 0.273 e. The number of alkyl halides is 2. The van der Waals surface area contributed by atoms with Gasteiger partial charge in [0.2, 0.25) is 5.91 Å². The highest BCUT2D eigenvalue weighted by Gasteiger charge is 2.42. The van der Waals surface area contributed by atoms with Crippen molar-refractivity contribution >= 4 is 62.3 Å². The Hall–Kier alpha value is -1.02. The molecule has 5 nitrogen and oxygen atoms in total. The van der Waals surface area contributed by atoms with E-state index in [1.165, 1.54) is 25.2 Å². The molecule has 0 heterocycles. The van der Waals surface area contributed by atoms with Crippen LogP contribution in [0.5, 0.6) is 0 Å². The van der Waals surface area contributed by atoms with Crippen molar-refractivity contribution in [1.82, 2.24) is 9.84 Å². The molecule has 0 radical (unpaired) electrons. The summed E-state index contributed by atoms with van der Waals surface area (Å²) in [5, 5.41) is 1.27. The fourth-order valence-electron chi connectivity index (χ4n) is 3.35. The van der Waals surface area contributed by atoms with Crippen molar-refractivity contribution < 1.29 is 13.2 Å². The summed E-state index contributed by atoms with van der Waals surface area (Å²) in [6, 6.07) is 11.4. The Bertz CT molecular complexity index is 1010. The number of hydrazine groups is 1. The van der Waals surface area contributed by atoms with Gasteiger partial charge in [-0.25, -0.2) is 8.42 Å². The van der Waals surface area contributed by atoms with Gasteiger partial charge in [0.15, 0.2) is 0 Å². The lowest BCUT2D eigenvalue weighted by Gasteiger charge is -2.26. The first kappa shape index (κ1) is 21.7. The third-order valence-corrected chi connectivity index (χ3v) is 7.34. The Labute approximate surface area is 183 Å². The van der Waals surface area contributed by atoms with Crippen LogP contribution in [0.2, 0.25) is 10.0 Å². The van der Waals surface area contributed by atoms with Crippen molar-refractivity contribution in [2.45, 2.75) is 22.1 Å². The molecule has 3 rings (SSSR count). The maximum Gasteiger partial charge on any atom is 0.257 e. The molecule has 0 spiro atoms. The van der Waals surface area contributed by atoms with E-state index in [0.29, 0.717) is 6.42 Å². The summed E-state index contributed by atoms with van der Waals surface area (Å²) in [7, 11) is -2.69. The maximum atomic E-state index is 13.0. The van der Waals surface area contributed by atoms with Gasteiger partial charge >= 0.3 is 0 Å². The van der Waals surface area contributed by atoms with Crippen molar-refractivity contribution in [3.63, 3.8) is 0 Å². The third-order valence-electron chi connectivity index (χ3n) is 4.67. The number of hydrogen-bond donors (Lipinski definition) is 1. The van der Waals surface area contributed by atoms with Gasteiger partial charge in [0, 0.05) is 13.0 Å². The number of hydrogen-bond acceptors (Lipinski definition) is 3. The zero-order chi connectivity index (χ0) is 20.6. The molecule has 0 aromatic heterocycles. The zero-order valence-corrected chi connectivity index (χ0v) is 18.4. The first-order valence-electron chi connectivity index (χ1n) is 8.23. The van der Waals surface area contributed by atoms with E-state index in [9.17, 15) is 13.2 Å². The molecule has 10 heteroatoms. The number of carbonyl (C=O) groups is 1. The van der Waals surface area contributed by atoms with Gasteiger partial charge in [-0.15, -0.1) is 28.0 Å². The second kappa shape index (κ2) is 8.38. The Kier molecular flexibility index (Phi) is 6.49. The van der Waals surface area contributed by atoms with Crippen molar-refractivity contribution in [3.8, 4) is 0 Å². The number of nitrogens with zero attached hydrogens (tertiary/aromatic N) is 1. The minimum Gasteiger partial charge on any atom is -0.273 e. The van der Waals surface area contributed by atoms with Crippen LogP contribution in [0, 0.1) is 5.92 Å². The monoisotopic (exact) mass is 480 g/mol. The standard InChI is InChI=1S/C18H16Cl4N2O3S/c1-24(23-28(26,27)11-6-7-14(19)15(20)9-11)18(25)13-8-10-4-2-3-5-12(10)16(13)17(21)22/h2-7,9,13,16-17,23H,8H2,1H3. The lowest BCUT2D eigenvalue weighted by atomic mass is 9.93. The molecule has 1 N–H and O–H groups in total. The van der Waals surface area contributed by atoms with Crippen LogP contribution in [0.1, 0.15) is 17.0 Å². The molecule has 150 valence electrons. The van der Waals surface area contributed by atoms with Crippen LogP contribution < -0.4 is 4.83 Å². The predicted octanol–water partition coefficient (Wildman–Crippen LogP) is 4.40. The molecule has 1 aliphatic carbocycles. The first-order chi connectivity index (χ1) is 13.1. The van der Waals surface area contributed by atoms with Gasteiger partial charge in [-0.1, -0.05) is 47.5 Å². The van der Waals surface area contributed by atoms with Crippen molar-refractivity contribution in [2.75, 3.05) is 7.05 Å². The van der Waals surface area contributed by atoms with Gasteiger partial charge in [0.25, 0.3) is 10.0 Å². The van der Waals surface area contributed by atoms with Gasteiger partial charge in [-0.3, -0.25) is 9.80 Å². The minimum atomic E-state index is -4.03. The van der Waals surface area contributed by atoms with E-state index in [2.05, 4.69) is 4.83 Å². The number of rotatable bonds is 5. The Morgan fingerprint density at radius 3 is 2.46 bits per heavy atom. The van der Waals surface area contributed by atoms with Crippen LogP contribution in [0.15, 0.2) is 47.4 Å². The highest BCUT2D eigenvalue weighted by atomic mass is 35.5. The van der Waals surface area contributed by atoms with Crippen LogP contribution in [0.3, 0.4) is 0 Å². The molecular weight excluding hydrogens is 466 g/mol. The Balaban J connectivity index is 1.82. The molecule has 0 saturated carbocycles. The molecule has 28 heavy (non-hydrogen) atoms. The second-order valence-corrected chi connectivity index (χ2v) is 10.1. The van der Waals surface area contributed by atoms with Gasteiger partial charge in [-0.2, -0.15) is 0 Å². The summed E-state index contributed by atoms with van der Waals surface area (Å²) < 4.78 is 25.2. The van der Waals surface area contributed by atoms with E-state index in [1.54, 1.807) is 0 Å². The molecule has 0 bridgehead atoms. The van der Waals surface area contributed by atoms with Gasteiger partial charge in [-0.05, 0) is 35.7 Å². The predicted molar refractivity (Wildman–Crippen MR) is 111 cm³/mol. The van der Waals surface area contributed by atoms with E-state index in [-0.39, 0.29) is 14.9 Å². The SMILES string of the molecule is CN(NS(=O)(=O)c1ccc(Cl)c(Cl)c1)C(=O)C1Cc2ccccc2C1C(Cl)Cl. The van der Waals surface area contributed by atoms with Crippen LogP contribution in [0.4, 0.5) is 0 Å². The van der Waals surface area contributed by atoms with E-state index >= 15 is 0 Å². The minimum absolute atomic E-state index is 0.0944. The van der Waals surface area contributed by atoms with E-state index < -0.39 is 32.6 Å². The Morgan fingerprint density at radius 1 is 1.14 bits per heavy atom. The summed E-state index contributed by atoms with van der Waals surface area (Å²) in [5.41, 5.74) is 1.87. The lowest BCUT2D eigenvalue weighted by molar-refractivity contribution is -0.136. The van der Waals surface area contributed by atoms with Gasteiger partial charge in [0.05, 0.1) is 20.9 Å². The zero-order valence-electron chi connectivity index (χ0n) is 14.6. The number of sulfonamides is 1. The first-order valence-corrected chi connectivity index (χ1v) is 11.3. The van der Waals surface area contributed by atoms with Crippen LogP contribution >= 0.6 is 46.4 Å². The number of carbonyl (C=O) groups excluding carboxylic acids is 1. The summed E-state index contributed by atoms with van der Waals surface area (Å²) in [5.74, 6) is -1.45. The van der Waals surface area contributed by atoms with Crippen molar-refractivity contribution in [3.05, 3.63) is 63.6 Å². The lowest BCUT2D eigenvalue weighted by Crippen LogP contribution is -2.47. The molecule has 2 unspecified atom stereocenters. The molecule has 0 saturated heterocycles. The van der Waals surface area contributed by atoms with Crippen LogP contribution in [-0.4, -0.2) is 31.2 Å². The average molecular weight is 482 g/mol. The third kappa shape index (κ3) is 4.27. The van der Waals surface area contributed by atoms with Gasteiger partial charge < -0.3 is 0 Å². The highest BCUT2D eigenvalue weighted by molar-refractivity contribution is 7.89. The van der Waals surface area contributed by atoms with Crippen LogP contribution in [-0.2, 0) is 21.2 Å². The van der Waals surface area contributed by atoms with Gasteiger partial charge in [0.1, 0.15) is 4.84 Å². The van der Waals surface area contributed by atoms with E-state index in [4.69, 9.17) is 46.4 Å². The molecule has 2 atom stereocenters. The number of benzene rings is 2. The summed E-state index contributed by atoms with van der Waals surface area (Å²) in [6.45, 7) is 0. The molecule has 1 aliphatic rings. The topological polar surface area (TPSA) is 66.5 Å². The molecule has 0 aliphatic heterocycles. The molecule has 1 amide bonds. The van der Waals surface area contributed by atoms with Crippen molar-refractivity contribution in [2.24, 2.45) is 5.92 Å². The highest BCUT2D eigenvalue weighted by Crippen LogP contribution is 2.43. The summed E-state index contributed by atoms with van der Waals surface area (Å²) >= 11 is 24.0. The number of fused-ring (bicyclic) bond motifs is 1. The van der Waals surface area contributed by atoms with E-state index in [1.807, 2.05) is 24.3 Å². The quantitative estimate of drug-likeness (QED) is 0.508. The molecule has 2 aromatic carbocycles. The maximum absolute atomic E-state index is 13.0. The Morgan fingerprint density at radius 2 is 1.82 bits per heavy atom.